The van der Waals surface area contributed by atoms with E-state index in [4.69, 9.17) is 33.0 Å². The van der Waals surface area contributed by atoms with E-state index in [1.165, 1.54) is 0 Å². The Hall–Kier alpha value is -2.41. The molecule has 3 heterocycles. The fraction of sp³-hybridized carbons (Fsp3) is 0.238. The maximum atomic E-state index is 6.25. The van der Waals surface area contributed by atoms with Gasteiger partial charge in [-0.2, -0.15) is 0 Å². The molecule has 0 saturated carbocycles. The zero-order valence-electron chi connectivity index (χ0n) is 15.3. The Morgan fingerprint density at radius 1 is 1.18 bits per heavy atom. The number of hydrogen-bond acceptors (Lipinski definition) is 4. The van der Waals surface area contributed by atoms with Crippen molar-refractivity contribution in [3.63, 3.8) is 0 Å². The Kier molecular flexibility index (Phi) is 5.62. The van der Waals surface area contributed by atoms with Crippen molar-refractivity contribution in [1.82, 2.24) is 15.2 Å². The molecular weight excluding hydrogens is 394 g/mol. The number of hydrogen-bond donors (Lipinski definition) is 1. The molecule has 0 aliphatic carbocycles. The summed E-state index contributed by atoms with van der Waals surface area (Å²) >= 11 is 11.6. The first-order chi connectivity index (χ1) is 13.7. The first kappa shape index (κ1) is 18.9. The lowest BCUT2D eigenvalue weighted by Gasteiger charge is -2.25. The Labute approximate surface area is 174 Å². The summed E-state index contributed by atoms with van der Waals surface area (Å²) in [4.78, 5) is 6.62. The van der Waals surface area contributed by atoms with Crippen LogP contribution in [-0.4, -0.2) is 35.3 Å². The maximum Gasteiger partial charge on any atom is 0.170 e. The van der Waals surface area contributed by atoms with Crippen LogP contribution in [0.3, 0.4) is 0 Å². The molecule has 7 heteroatoms. The Morgan fingerprint density at radius 3 is 2.71 bits per heavy atom. The third-order valence-corrected chi connectivity index (χ3v) is 5.39. The van der Waals surface area contributed by atoms with Gasteiger partial charge in [0.25, 0.3) is 0 Å². The van der Waals surface area contributed by atoms with Crippen molar-refractivity contribution in [3.8, 4) is 11.3 Å². The predicted molar refractivity (Wildman–Crippen MR) is 113 cm³/mol. The summed E-state index contributed by atoms with van der Waals surface area (Å²) in [5.41, 5.74) is 1.89. The van der Waals surface area contributed by atoms with Crippen LogP contribution in [0.25, 0.3) is 11.3 Å². The normalized spacial score (nSPS) is 19.1. The van der Waals surface area contributed by atoms with E-state index >= 15 is 0 Å². The standard InChI is InChI=1S/C21H20ClN3O2S/c1-26-13-12-25-20(19(24-21(25)28)16-4-2-3-11-23-16)18-10-9-17(27-18)14-5-7-15(22)8-6-14/h2-11,19-20H,12-13H2,1H3,(H,24,28)/t19-,20-/m0/s1. The number of rotatable bonds is 6. The third-order valence-electron chi connectivity index (χ3n) is 4.78. The number of furan rings is 1. The lowest BCUT2D eigenvalue weighted by atomic mass is 10.0. The third kappa shape index (κ3) is 3.76. The van der Waals surface area contributed by atoms with Crippen LogP contribution in [0, 0.1) is 0 Å². The van der Waals surface area contributed by atoms with Crippen molar-refractivity contribution in [2.45, 2.75) is 12.1 Å². The fourth-order valence-corrected chi connectivity index (χ4v) is 3.88. The molecule has 2 aromatic heterocycles. The lowest BCUT2D eigenvalue weighted by Crippen LogP contribution is -2.32. The van der Waals surface area contributed by atoms with E-state index in [1.54, 1.807) is 13.3 Å². The second-order valence-corrected chi connectivity index (χ2v) is 7.34. The molecule has 1 fully saturated rings. The number of methoxy groups -OCH3 is 1. The van der Waals surface area contributed by atoms with Gasteiger partial charge in [0.15, 0.2) is 5.11 Å². The number of thiocarbonyl (C=S) groups is 1. The van der Waals surface area contributed by atoms with Crippen molar-refractivity contribution < 1.29 is 9.15 Å². The topological polar surface area (TPSA) is 50.5 Å². The van der Waals surface area contributed by atoms with Crippen LogP contribution in [0.1, 0.15) is 23.5 Å². The van der Waals surface area contributed by atoms with Gasteiger partial charge in [-0.1, -0.05) is 17.7 Å². The van der Waals surface area contributed by atoms with Gasteiger partial charge in [0, 0.05) is 30.4 Å². The van der Waals surface area contributed by atoms with Crippen LogP contribution < -0.4 is 5.32 Å². The lowest BCUT2D eigenvalue weighted by molar-refractivity contribution is 0.158. The molecule has 1 saturated heterocycles. The van der Waals surface area contributed by atoms with E-state index in [-0.39, 0.29) is 12.1 Å². The SMILES string of the molecule is COCCN1C(=S)N[C@@H](c2ccccn2)[C@@H]1c1ccc(-c2ccc(Cl)cc2)o1. The zero-order valence-corrected chi connectivity index (χ0v) is 16.9. The number of benzene rings is 1. The molecule has 0 amide bonds. The van der Waals surface area contributed by atoms with Crippen LogP contribution in [0.5, 0.6) is 0 Å². The highest BCUT2D eigenvalue weighted by atomic mass is 35.5. The average Bonchev–Trinajstić information content (AvgIpc) is 3.32. The number of nitrogens with zero attached hydrogens (tertiary/aromatic N) is 2. The van der Waals surface area contributed by atoms with Gasteiger partial charge in [-0.05, 0) is 60.7 Å². The zero-order chi connectivity index (χ0) is 19.5. The summed E-state index contributed by atoms with van der Waals surface area (Å²) in [6.07, 6.45) is 1.79. The molecule has 1 aliphatic rings. The van der Waals surface area contributed by atoms with Crippen LogP contribution in [0.15, 0.2) is 65.2 Å². The summed E-state index contributed by atoms with van der Waals surface area (Å²) in [5.74, 6) is 1.61. The number of pyridine rings is 1. The Morgan fingerprint density at radius 2 is 2.00 bits per heavy atom. The predicted octanol–water partition coefficient (Wildman–Crippen LogP) is 4.61. The van der Waals surface area contributed by atoms with E-state index in [2.05, 4.69) is 15.2 Å². The molecule has 5 nitrogen and oxygen atoms in total. The van der Waals surface area contributed by atoms with E-state index in [1.807, 2.05) is 54.6 Å². The summed E-state index contributed by atoms with van der Waals surface area (Å²) in [7, 11) is 1.68. The van der Waals surface area contributed by atoms with Gasteiger partial charge in [-0.15, -0.1) is 0 Å². The van der Waals surface area contributed by atoms with E-state index in [9.17, 15) is 0 Å². The molecule has 3 aromatic rings. The quantitative estimate of drug-likeness (QED) is 0.595. The number of nitrogens with one attached hydrogen (secondary N) is 1. The fourth-order valence-electron chi connectivity index (χ4n) is 3.43. The van der Waals surface area contributed by atoms with Crippen molar-refractivity contribution in [3.05, 3.63) is 77.3 Å². The molecule has 0 spiro atoms. The number of aromatic nitrogens is 1. The van der Waals surface area contributed by atoms with E-state index in [0.717, 1.165) is 22.8 Å². The molecule has 0 unspecified atom stereocenters. The van der Waals surface area contributed by atoms with Gasteiger partial charge in [0.05, 0.1) is 18.3 Å². The highest BCUT2D eigenvalue weighted by molar-refractivity contribution is 7.80. The molecule has 0 radical (unpaired) electrons. The summed E-state index contributed by atoms with van der Waals surface area (Å²) in [5, 5.41) is 4.76. The molecule has 28 heavy (non-hydrogen) atoms. The monoisotopic (exact) mass is 413 g/mol. The Bertz CT molecular complexity index is 946. The number of halogens is 1. The van der Waals surface area contributed by atoms with E-state index < -0.39 is 0 Å². The highest BCUT2D eigenvalue weighted by Gasteiger charge is 2.41. The summed E-state index contributed by atoms with van der Waals surface area (Å²) < 4.78 is 11.5. The van der Waals surface area contributed by atoms with Crippen molar-refractivity contribution >= 4 is 28.9 Å². The molecular formula is C21H20ClN3O2S. The van der Waals surface area contributed by atoms with Gasteiger partial charge in [0.2, 0.25) is 0 Å². The van der Waals surface area contributed by atoms with Crippen LogP contribution >= 0.6 is 23.8 Å². The minimum Gasteiger partial charge on any atom is -0.459 e. The first-order valence-corrected chi connectivity index (χ1v) is 9.78. The first-order valence-electron chi connectivity index (χ1n) is 9.00. The van der Waals surface area contributed by atoms with Crippen molar-refractivity contribution in [1.29, 1.82) is 0 Å². The van der Waals surface area contributed by atoms with E-state index in [0.29, 0.717) is 23.3 Å². The van der Waals surface area contributed by atoms with Gasteiger partial charge >= 0.3 is 0 Å². The van der Waals surface area contributed by atoms with Crippen molar-refractivity contribution in [2.24, 2.45) is 0 Å². The molecule has 1 aromatic carbocycles. The van der Waals surface area contributed by atoms with Crippen LogP contribution in [0.2, 0.25) is 5.02 Å². The van der Waals surface area contributed by atoms with Crippen molar-refractivity contribution in [2.75, 3.05) is 20.3 Å². The second kappa shape index (κ2) is 8.31. The molecule has 1 N–H and O–H groups in total. The largest absolute Gasteiger partial charge is 0.459 e. The molecule has 0 bridgehead atoms. The molecule has 4 rings (SSSR count). The molecule has 144 valence electrons. The van der Waals surface area contributed by atoms with Gasteiger partial charge in [-0.25, -0.2) is 0 Å². The minimum atomic E-state index is -0.112. The van der Waals surface area contributed by atoms with Gasteiger partial charge in [0.1, 0.15) is 17.6 Å². The van der Waals surface area contributed by atoms with Crippen LogP contribution in [0.4, 0.5) is 0 Å². The second-order valence-electron chi connectivity index (χ2n) is 6.52. The maximum absolute atomic E-state index is 6.25. The van der Waals surface area contributed by atoms with Gasteiger partial charge < -0.3 is 19.4 Å². The minimum absolute atomic E-state index is 0.102. The smallest absolute Gasteiger partial charge is 0.170 e. The molecule has 2 atom stereocenters. The highest BCUT2D eigenvalue weighted by Crippen LogP contribution is 2.40. The Balaban J connectivity index is 1.70. The summed E-state index contributed by atoms with van der Waals surface area (Å²) in [6.45, 7) is 1.23. The number of ether oxygens (including phenoxy) is 1. The van der Waals surface area contributed by atoms with Gasteiger partial charge in [-0.3, -0.25) is 4.98 Å². The summed E-state index contributed by atoms with van der Waals surface area (Å²) in [6, 6.07) is 17.2. The average molecular weight is 414 g/mol. The molecule has 1 aliphatic heterocycles. The van der Waals surface area contributed by atoms with Crippen LogP contribution in [-0.2, 0) is 4.74 Å².